The molecule has 1 aliphatic carbocycles. The van der Waals surface area contributed by atoms with Gasteiger partial charge in [-0.2, -0.15) is 0 Å². The molecule has 1 aromatic carbocycles. The van der Waals surface area contributed by atoms with Gasteiger partial charge in [-0.15, -0.1) is 0 Å². The molecule has 0 N–H and O–H groups in total. The van der Waals surface area contributed by atoms with Crippen molar-refractivity contribution < 1.29 is 14.3 Å². The minimum atomic E-state index is -0.341. The highest BCUT2D eigenvalue weighted by molar-refractivity contribution is 5.89. The van der Waals surface area contributed by atoms with Crippen LogP contribution in [0.2, 0.25) is 0 Å². The molecule has 1 aromatic rings. The number of rotatable bonds is 4. The number of hydrogen-bond acceptors (Lipinski definition) is 3. The van der Waals surface area contributed by atoms with E-state index in [4.69, 9.17) is 4.74 Å². The summed E-state index contributed by atoms with van der Waals surface area (Å²) < 4.78 is 6.17. The van der Waals surface area contributed by atoms with E-state index in [2.05, 4.69) is 12.1 Å². The fourth-order valence-electron chi connectivity index (χ4n) is 6.09. The Morgan fingerprint density at radius 2 is 1.66 bits per heavy atom. The van der Waals surface area contributed by atoms with Gasteiger partial charge in [0.05, 0.1) is 25.1 Å². The molecule has 0 bridgehead atoms. The van der Waals surface area contributed by atoms with Crippen molar-refractivity contribution in [2.45, 2.75) is 62.4 Å². The van der Waals surface area contributed by atoms with Crippen LogP contribution >= 0.6 is 0 Å². The van der Waals surface area contributed by atoms with Crippen LogP contribution in [0.4, 0.5) is 0 Å². The van der Waals surface area contributed by atoms with Crippen molar-refractivity contribution in [1.82, 2.24) is 9.80 Å². The number of nitrogens with zero attached hydrogens (tertiary/aromatic N) is 2. The lowest BCUT2D eigenvalue weighted by Crippen LogP contribution is -2.66. The van der Waals surface area contributed by atoms with Gasteiger partial charge in [0.2, 0.25) is 11.8 Å². The molecule has 5 nitrogen and oxygen atoms in total. The maximum Gasteiger partial charge on any atom is 0.233 e. The second-order valence-corrected chi connectivity index (χ2v) is 9.67. The van der Waals surface area contributed by atoms with Crippen molar-refractivity contribution in [3.8, 4) is 0 Å². The predicted molar refractivity (Wildman–Crippen MR) is 110 cm³/mol. The third-order valence-electron chi connectivity index (χ3n) is 7.65. The van der Waals surface area contributed by atoms with Crippen LogP contribution < -0.4 is 0 Å². The highest BCUT2D eigenvalue weighted by Gasteiger charge is 2.55. The van der Waals surface area contributed by atoms with Gasteiger partial charge in [0.1, 0.15) is 5.60 Å². The maximum absolute atomic E-state index is 13.5. The summed E-state index contributed by atoms with van der Waals surface area (Å²) in [4.78, 5) is 30.0. The van der Waals surface area contributed by atoms with Crippen LogP contribution in [0, 0.1) is 5.92 Å². The number of benzene rings is 1. The van der Waals surface area contributed by atoms with Gasteiger partial charge in [-0.25, -0.2) is 0 Å². The number of carbonyl (C=O) groups is 2. The molecule has 1 unspecified atom stereocenters. The molecule has 0 aromatic heterocycles. The van der Waals surface area contributed by atoms with Gasteiger partial charge in [0, 0.05) is 19.5 Å². The summed E-state index contributed by atoms with van der Waals surface area (Å²) in [5.74, 6) is 0.872. The molecule has 29 heavy (non-hydrogen) atoms. The van der Waals surface area contributed by atoms with Crippen molar-refractivity contribution in [2.24, 2.45) is 5.92 Å². The van der Waals surface area contributed by atoms with E-state index in [1.54, 1.807) is 0 Å². The summed E-state index contributed by atoms with van der Waals surface area (Å²) in [6.07, 6.45) is 7.93. The molecular formula is C24H32N2O3. The lowest BCUT2D eigenvalue weighted by molar-refractivity contribution is -0.163. The fourth-order valence-corrected chi connectivity index (χ4v) is 6.09. The number of hydrogen-bond donors (Lipinski definition) is 0. The largest absolute Gasteiger partial charge is 0.371 e. The zero-order valence-corrected chi connectivity index (χ0v) is 17.3. The second-order valence-electron chi connectivity index (χ2n) is 9.67. The third-order valence-corrected chi connectivity index (χ3v) is 7.65. The molecule has 5 rings (SSSR count). The molecule has 3 aliphatic heterocycles. The van der Waals surface area contributed by atoms with Crippen molar-refractivity contribution >= 4 is 11.8 Å². The number of amides is 2. The van der Waals surface area contributed by atoms with Gasteiger partial charge in [-0.3, -0.25) is 9.59 Å². The van der Waals surface area contributed by atoms with Crippen molar-refractivity contribution in [1.29, 1.82) is 0 Å². The highest BCUT2D eigenvalue weighted by Crippen LogP contribution is 2.46. The Hall–Kier alpha value is -1.88. The maximum atomic E-state index is 13.5. The summed E-state index contributed by atoms with van der Waals surface area (Å²) in [6, 6.07) is 10.3. The van der Waals surface area contributed by atoms with Gasteiger partial charge < -0.3 is 14.5 Å². The third kappa shape index (κ3) is 3.37. The number of carbonyl (C=O) groups excluding carboxylic acids is 2. The summed E-state index contributed by atoms with van der Waals surface area (Å²) in [6.45, 7) is 3.87. The Morgan fingerprint density at radius 1 is 0.966 bits per heavy atom. The first-order chi connectivity index (χ1) is 14.1. The molecule has 1 saturated carbocycles. The van der Waals surface area contributed by atoms with Crippen LogP contribution in [0.15, 0.2) is 30.3 Å². The number of likely N-dealkylation sites (tertiary alicyclic amines) is 2. The van der Waals surface area contributed by atoms with Crippen LogP contribution in [0.1, 0.15) is 56.9 Å². The molecule has 1 spiro atoms. The molecule has 4 aliphatic rings. The molecule has 3 saturated heterocycles. The average molecular weight is 397 g/mol. The molecule has 4 fully saturated rings. The Labute approximate surface area is 173 Å². The predicted octanol–water partition coefficient (Wildman–Crippen LogP) is 3.13. The van der Waals surface area contributed by atoms with E-state index in [-0.39, 0.29) is 22.8 Å². The molecule has 3 heterocycles. The van der Waals surface area contributed by atoms with Crippen molar-refractivity contribution in [3.63, 3.8) is 0 Å². The van der Waals surface area contributed by atoms with E-state index in [9.17, 15) is 9.59 Å². The van der Waals surface area contributed by atoms with Gasteiger partial charge in [-0.1, -0.05) is 43.2 Å². The average Bonchev–Trinajstić information content (AvgIpc) is 3.47. The van der Waals surface area contributed by atoms with E-state index >= 15 is 0 Å². The Kier molecular flexibility index (Phi) is 4.89. The quantitative estimate of drug-likeness (QED) is 0.786. The van der Waals surface area contributed by atoms with E-state index in [1.807, 2.05) is 28.0 Å². The molecule has 5 heteroatoms. The SMILES string of the molecule is O=C(CC1COC2(C1)CN(C(=O)C1(c3ccccc3)CCCC1)C2)N1CCCC1. The summed E-state index contributed by atoms with van der Waals surface area (Å²) in [5.41, 5.74) is 0.624. The van der Waals surface area contributed by atoms with E-state index < -0.39 is 0 Å². The Balaban J connectivity index is 1.20. The van der Waals surface area contributed by atoms with Crippen molar-refractivity contribution in [2.75, 3.05) is 32.8 Å². The Bertz CT molecular complexity index is 760. The molecular weight excluding hydrogens is 364 g/mol. The van der Waals surface area contributed by atoms with Gasteiger partial charge in [0.25, 0.3) is 0 Å². The first kappa shape index (κ1) is 19.1. The number of ether oxygens (including phenoxy) is 1. The van der Waals surface area contributed by atoms with Crippen LogP contribution in [0.5, 0.6) is 0 Å². The normalized spacial score (nSPS) is 27.4. The van der Waals surface area contributed by atoms with Crippen LogP contribution in [0.25, 0.3) is 0 Å². The molecule has 2 amide bonds. The highest BCUT2D eigenvalue weighted by atomic mass is 16.5. The zero-order valence-electron chi connectivity index (χ0n) is 17.3. The summed E-state index contributed by atoms with van der Waals surface area (Å²) in [7, 11) is 0. The fraction of sp³-hybridized carbons (Fsp3) is 0.667. The smallest absolute Gasteiger partial charge is 0.233 e. The van der Waals surface area contributed by atoms with Gasteiger partial charge in [0.15, 0.2) is 0 Å². The first-order valence-electron chi connectivity index (χ1n) is 11.4. The van der Waals surface area contributed by atoms with E-state index in [0.717, 1.165) is 58.0 Å². The van der Waals surface area contributed by atoms with E-state index in [0.29, 0.717) is 32.0 Å². The van der Waals surface area contributed by atoms with Crippen LogP contribution in [-0.4, -0.2) is 60.0 Å². The zero-order chi connectivity index (χ0) is 19.9. The molecule has 1 atom stereocenters. The summed E-state index contributed by atoms with van der Waals surface area (Å²) >= 11 is 0. The Morgan fingerprint density at radius 3 is 2.34 bits per heavy atom. The van der Waals surface area contributed by atoms with Gasteiger partial charge >= 0.3 is 0 Å². The molecule has 0 radical (unpaired) electrons. The lowest BCUT2D eigenvalue weighted by atomic mass is 9.75. The monoisotopic (exact) mass is 396 g/mol. The van der Waals surface area contributed by atoms with E-state index in [1.165, 1.54) is 5.56 Å². The van der Waals surface area contributed by atoms with Crippen LogP contribution in [0.3, 0.4) is 0 Å². The minimum Gasteiger partial charge on any atom is -0.371 e. The first-order valence-corrected chi connectivity index (χ1v) is 11.4. The molecule has 156 valence electrons. The second kappa shape index (κ2) is 7.42. The minimum absolute atomic E-state index is 0.206. The standard InChI is InChI=1S/C24H32N2O3/c27-21(25-12-6-7-13-25)14-19-15-23(29-16-19)17-26(18-23)22(28)24(10-4-5-11-24)20-8-2-1-3-9-20/h1-3,8-9,19H,4-7,10-18H2. The van der Waals surface area contributed by atoms with Crippen molar-refractivity contribution in [3.05, 3.63) is 35.9 Å². The van der Waals surface area contributed by atoms with Gasteiger partial charge in [-0.05, 0) is 43.6 Å². The lowest BCUT2D eigenvalue weighted by Gasteiger charge is -2.50. The topological polar surface area (TPSA) is 49.9 Å². The van der Waals surface area contributed by atoms with Crippen LogP contribution in [-0.2, 0) is 19.7 Å². The summed E-state index contributed by atoms with van der Waals surface area (Å²) in [5, 5.41) is 0.